The molecule has 0 aliphatic carbocycles. The zero-order chi connectivity index (χ0) is 23.3. The van der Waals surface area contributed by atoms with Crippen molar-refractivity contribution in [3.05, 3.63) is 53.8 Å². The molecular formula is C23H30FN3O3S2. The minimum Gasteiger partial charge on any atom is -0.376 e. The van der Waals surface area contributed by atoms with E-state index in [1.165, 1.54) is 28.2 Å². The third kappa shape index (κ3) is 6.02. The minimum absolute atomic E-state index is 0.0143. The molecule has 1 saturated heterocycles. The summed E-state index contributed by atoms with van der Waals surface area (Å²) in [5, 5.41) is 2.89. The van der Waals surface area contributed by atoms with Crippen molar-refractivity contribution >= 4 is 39.1 Å². The smallest absolute Gasteiger partial charge is 0.243 e. The summed E-state index contributed by atoms with van der Waals surface area (Å²) in [5.41, 5.74) is 2.13. The molecule has 0 aromatic heterocycles. The van der Waals surface area contributed by atoms with Crippen LogP contribution in [0.15, 0.2) is 47.4 Å². The normalized spacial score (nSPS) is 15.9. The Labute approximate surface area is 194 Å². The molecule has 0 spiro atoms. The molecule has 9 heteroatoms. The summed E-state index contributed by atoms with van der Waals surface area (Å²) in [4.78, 5) is 14.7. The maximum atomic E-state index is 13.1. The topological polar surface area (TPSA) is 69.7 Å². The first kappa shape index (κ1) is 24.5. The Bertz CT molecular complexity index is 1040. The number of carbonyl (C=O) groups excluding carboxylic acids is 1. The lowest BCUT2D eigenvalue weighted by Gasteiger charge is -2.26. The summed E-state index contributed by atoms with van der Waals surface area (Å²) < 4.78 is 40.8. The quantitative estimate of drug-likeness (QED) is 0.604. The number of halogens is 1. The number of nitrogens with one attached hydrogen (secondary N) is 1. The van der Waals surface area contributed by atoms with Gasteiger partial charge in [0.05, 0.1) is 22.0 Å². The van der Waals surface area contributed by atoms with E-state index in [0.717, 1.165) is 30.5 Å². The van der Waals surface area contributed by atoms with Gasteiger partial charge in [0.25, 0.3) is 0 Å². The second-order valence-corrected chi connectivity index (χ2v) is 11.4. The molecule has 3 rings (SSSR count). The van der Waals surface area contributed by atoms with Crippen molar-refractivity contribution in [1.82, 2.24) is 4.31 Å². The third-order valence-corrected chi connectivity index (χ3v) is 8.58. The summed E-state index contributed by atoms with van der Waals surface area (Å²) >= 11 is 1.43. The SMILES string of the molecule is CC(SCC(=O)Nc1cc(S(=O)(=O)N2CCCCC2)ccc1N(C)C)c1ccc(F)cc1. The van der Waals surface area contributed by atoms with E-state index < -0.39 is 10.0 Å². The van der Waals surface area contributed by atoms with Crippen molar-refractivity contribution in [3.63, 3.8) is 0 Å². The van der Waals surface area contributed by atoms with E-state index >= 15 is 0 Å². The Balaban J connectivity index is 1.73. The van der Waals surface area contributed by atoms with Crippen molar-refractivity contribution in [3.8, 4) is 0 Å². The van der Waals surface area contributed by atoms with Crippen LogP contribution in [-0.2, 0) is 14.8 Å². The van der Waals surface area contributed by atoms with Gasteiger partial charge >= 0.3 is 0 Å². The second kappa shape index (κ2) is 10.7. The molecule has 1 amide bonds. The lowest BCUT2D eigenvalue weighted by molar-refractivity contribution is -0.113. The molecule has 0 radical (unpaired) electrons. The fraction of sp³-hybridized carbons (Fsp3) is 0.435. The van der Waals surface area contributed by atoms with Gasteiger partial charge in [0.15, 0.2) is 0 Å². The van der Waals surface area contributed by atoms with Crippen LogP contribution in [0.2, 0.25) is 0 Å². The van der Waals surface area contributed by atoms with Gasteiger partial charge in [-0.05, 0) is 55.7 Å². The van der Waals surface area contributed by atoms with E-state index in [-0.39, 0.29) is 27.6 Å². The number of thioether (sulfide) groups is 1. The number of piperidine rings is 1. The van der Waals surface area contributed by atoms with Gasteiger partial charge in [0.2, 0.25) is 15.9 Å². The largest absolute Gasteiger partial charge is 0.376 e. The Kier molecular flexibility index (Phi) is 8.19. The van der Waals surface area contributed by atoms with Crippen LogP contribution < -0.4 is 10.2 Å². The molecule has 1 atom stereocenters. The van der Waals surface area contributed by atoms with E-state index in [1.807, 2.05) is 25.9 Å². The Hall–Kier alpha value is -2.10. The average Bonchev–Trinajstić information content (AvgIpc) is 2.78. The Morgan fingerprint density at radius 1 is 1.12 bits per heavy atom. The number of amides is 1. The Morgan fingerprint density at radius 2 is 1.78 bits per heavy atom. The van der Waals surface area contributed by atoms with Crippen LogP contribution >= 0.6 is 11.8 Å². The number of nitrogens with zero attached hydrogens (tertiary/aromatic N) is 2. The number of anilines is 2. The maximum absolute atomic E-state index is 13.1. The predicted octanol–water partition coefficient (Wildman–Crippen LogP) is 4.50. The summed E-state index contributed by atoms with van der Waals surface area (Å²) in [5.74, 6) is -0.326. The van der Waals surface area contributed by atoms with Crippen LogP contribution in [-0.4, -0.2) is 51.6 Å². The Morgan fingerprint density at radius 3 is 2.41 bits per heavy atom. The van der Waals surface area contributed by atoms with Crippen LogP contribution in [0.1, 0.15) is 37.0 Å². The van der Waals surface area contributed by atoms with Gasteiger partial charge < -0.3 is 10.2 Å². The molecule has 1 aliphatic rings. The molecule has 0 bridgehead atoms. The number of sulfonamides is 1. The molecule has 1 aliphatic heterocycles. The van der Waals surface area contributed by atoms with Gasteiger partial charge in [0.1, 0.15) is 5.82 Å². The maximum Gasteiger partial charge on any atom is 0.243 e. The summed E-state index contributed by atoms with van der Waals surface area (Å²) in [6.45, 7) is 3.01. The number of hydrogen-bond acceptors (Lipinski definition) is 5. The molecule has 2 aromatic rings. The highest BCUT2D eigenvalue weighted by atomic mass is 32.2. The third-order valence-electron chi connectivity index (χ3n) is 5.48. The number of benzene rings is 2. The number of rotatable bonds is 8. The monoisotopic (exact) mass is 479 g/mol. The van der Waals surface area contributed by atoms with Crippen molar-refractivity contribution < 1.29 is 17.6 Å². The fourth-order valence-electron chi connectivity index (χ4n) is 3.64. The first-order valence-corrected chi connectivity index (χ1v) is 13.2. The summed E-state index contributed by atoms with van der Waals surface area (Å²) in [7, 11) is 0.0844. The molecule has 1 fully saturated rings. The zero-order valence-electron chi connectivity index (χ0n) is 18.7. The summed E-state index contributed by atoms with van der Waals surface area (Å²) in [6.07, 6.45) is 2.77. The van der Waals surface area contributed by atoms with Gasteiger partial charge in [-0.25, -0.2) is 12.8 Å². The van der Waals surface area contributed by atoms with E-state index in [4.69, 9.17) is 0 Å². The van der Waals surface area contributed by atoms with Gasteiger partial charge in [-0.2, -0.15) is 4.31 Å². The second-order valence-electron chi connectivity index (χ2n) is 8.09. The van der Waals surface area contributed by atoms with Crippen molar-refractivity contribution in [1.29, 1.82) is 0 Å². The highest BCUT2D eigenvalue weighted by Gasteiger charge is 2.27. The van der Waals surface area contributed by atoms with Crippen molar-refractivity contribution in [2.75, 3.05) is 43.2 Å². The lowest BCUT2D eigenvalue weighted by Crippen LogP contribution is -2.35. The minimum atomic E-state index is -3.60. The highest BCUT2D eigenvalue weighted by molar-refractivity contribution is 8.00. The highest BCUT2D eigenvalue weighted by Crippen LogP contribution is 2.31. The van der Waals surface area contributed by atoms with Crippen molar-refractivity contribution in [2.45, 2.75) is 36.3 Å². The van der Waals surface area contributed by atoms with Crippen LogP contribution in [0.5, 0.6) is 0 Å². The van der Waals surface area contributed by atoms with Gasteiger partial charge in [0, 0.05) is 32.4 Å². The number of carbonyl (C=O) groups is 1. The molecule has 1 N–H and O–H groups in total. The lowest BCUT2D eigenvalue weighted by atomic mass is 10.2. The van der Waals surface area contributed by atoms with Crippen molar-refractivity contribution in [2.24, 2.45) is 0 Å². The average molecular weight is 480 g/mol. The molecule has 1 heterocycles. The van der Waals surface area contributed by atoms with E-state index in [1.54, 1.807) is 30.3 Å². The van der Waals surface area contributed by atoms with Crippen LogP contribution in [0.3, 0.4) is 0 Å². The molecule has 174 valence electrons. The molecule has 32 heavy (non-hydrogen) atoms. The molecular weight excluding hydrogens is 449 g/mol. The van der Waals surface area contributed by atoms with Gasteiger partial charge in [-0.3, -0.25) is 4.79 Å². The molecule has 0 saturated carbocycles. The van der Waals surface area contributed by atoms with Gasteiger partial charge in [-0.15, -0.1) is 11.8 Å². The van der Waals surface area contributed by atoms with E-state index in [9.17, 15) is 17.6 Å². The first-order chi connectivity index (χ1) is 15.2. The van der Waals surface area contributed by atoms with Gasteiger partial charge in [-0.1, -0.05) is 18.6 Å². The van der Waals surface area contributed by atoms with Crippen LogP contribution in [0.4, 0.5) is 15.8 Å². The predicted molar refractivity (Wildman–Crippen MR) is 129 cm³/mol. The molecule has 2 aromatic carbocycles. The van der Waals surface area contributed by atoms with Crippen LogP contribution in [0, 0.1) is 5.82 Å². The number of hydrogen-bond donors (Lipinski definition) is 1. The zero-order valence-corrected chi connectivity index (χ0v) is 20.3. The summed E-state index contributed by atoms with van der Waals surface area (Å²) in [6, 6.07) is 11.1. The fourth-order valence-corrected chi connectivity index (χ4v) is 6.00. The van der Waals surface area contributed by atoms with Crippen LogP contribution in [0.25, 0.3) is 0 Å². The standard InChI is InChI=1S/C23H30FN3O3S2/c1-17(18-7-9-19(24)10-8-18)31-16-23(28)25-21-15-20(11-12-22(21)26(2)3)32(29,30)27-13-5-4-6-14-27/h7-12,15,17H,4-6,13-14,16H2,1-3H3,(H,25,28). The first-order valence-electron chi connectivity index (χ1n) is 10.7. The molecule has 1 unspecified atom stereocenters. The molecule has 6 nitrogen and oxygen atoms in total. The van der Waals surface area contributed by atoms with E-state index in [0.29, 0.717) is 18.8 Å². The van der Waals surface area contributed by atoms with E-state index in [2.05, 4.69) is 5.32 Å².